The van der Waals surface area contributed by atoms with E-state index in [9.17, 15) is 43.2 Å². The van der Waals surface area contributed by atoms with Crippen LogP contribution in [0.25, 0.3) is 0 Å². The molecule has 0 saturated heterocycles. The molecule has 19 heteroatoms. The lowest BCUT2D eigenvalue weighted by atomic mass is 10.1. The molecule has 0 aliphatic heterocycles. The van der Waals surface area contributed by atoms with Gasteiger partial charge in [0.05, 0.1) is 26.4 Å². The number of unbranched alkanes of at least 4 members (excludes halogenated alkanes) is 33. The Bertz CT molecular complexity index is 1860. The minimum atomic E-state index is -4.96. The standard InChI is InChI=1S/C68H124O17P2/c1-5-9-13-17-21-24-27-29-31-33-35-38-41-45-49-53-66(71)79-59-64(85-68(73)55-51-47-43-39-36-34-32-30-28-25-22-18-14-10-6-2)61-83-87(76,77)81-57-62(69)56-80-86(74,75)82-60-63(58-78-65(70)52-48-44-40-20-16-12-8-4)84-67(72)54-50-46-42-37-26-23-19-15-11-7-3/h24-25,27-32,62-64,69H,5-23,26,33-61H2,1-4H3,(H,74,75)(H,76,77)/b27-24-,28-25-,31-29-,32-30-/t62-,63+,64+/m0/s1. The van der Waals surface area contributed by atoms with Crippen molar-refractivity contribution in [1.29, 1.82) is 0 Å². The van der Waals surface area contributed by atoms with Gasteiger partial charge in [0.15, 0.2) is 12.2 Å². The van der Waals surface area contributed by atoms with Crippen LogP contribution in [0.1, 0.15) is 304 Å². The molecule has 87 heavy (non-hydrogen) atoms. The van der Waals surface area contributed by atoms with Crippen LogP contribution in [-0.2, 0) is 65.4 Å². The molecule has 0 aliphatic carbocycles. The number of phosphoric ester groups is 2. The van der Waals surface area contributed by atoms with Gasteiger partial charge in [-0.05, 0) is 77.0 Å². The Hall–Kier alpha value is -2.98. The Labute approximate surface area is 527 Å². The Balaban J connectivity index is 5.28. The number of phosphoric acid groups is 2. The van der Waals surface area contributed by atoms with Crippen molar-refractivity contribution in [1.82, 2.24) is 0 Å². The Morgan fingerprint density at radius 3 is 0.839 bits per heavy atom. The summed E-state index contributed by atoms with van der Waals surface area (Å²) in [6.45, 7) is 4.74. The van der Waals surface area contributed by atoms with Crippen molar-refractivity contribution in [3.63, 3.8) is 0 Å². The van der Waals surface area contributed by atoms with Crippen molar-refractivity contribution >= 4 is 39.5 Å². The number of carbonyl (C=O) groups is 4. The highest BCUT2D eigenvalue weighted by atomic mass is 31.2. The first-order valence-corrected chi connectivity index (χ1v) is 37.4. The van der Waals surface area contributed by atoms with E-state index in [1.54, 1.807) is 0 Å². The van der Waals surface area contributed by atoms with Gasteiger partial charge in [0.1, 0.15) is 19.3 Å². The van der Waals surface area contributed by atoms with Crippen LogP contribution in [0, 0.1) is 0 Å². The molecule has 0 spiro atoms. The summed E-state index contributed by atoms with van der Waals surface area (Å²) in [7, 11) is -9.91. The molecule has 0 amide bonds. The van der Waals surface area contributed by atoms with E-state index < -0.39 is 97.5 Å². The third-order valence-electron chi connectivity index (χ3n) is 14.6. The quantitative estimate of drug-likeness (QED) is 0.0169. The zero-order valence-corrected chi connectivity index (χ0v) is 56.7. The van der Waals surface area contributed by atoms with Crippen molar-refractivity contribution < 1.29 is 80.2 Å². The van der Waals surface area contributed by atoms with Crippen LogP contribution in [0.3, 0.4) is 0 Å². The average Bonchev–Trinajstić information content (AvgIpc) is 3.51. The molecule has 508 valence electrons. The maximum absolute atomic E-state index is 13.0. The maximum Gasteiger partial charge on any atom is 0.472 e. The molecule has 0 fully saturated rings. The van der Waals surface area contributed by atoms with Crippen LogP contribution < -0.4 is 0 Å². The lowest BCUT2D eigenvalue weighted by molar-refractivity contribution is -0.161. The topological polar surface area (TPSA) is 237 Å². The lowest BCUT2D eigenvalue weighted by Gasteiger charge is -2.21. The van der Waals surface area contributed by atoms with Gasteiger partial charge in [-0.15, -0.1) is 0 Å². The first kappa shape index (κ1) is 84.0. The third kappa shape index (κ3) is 61.6. The fourth-order valence-corrected chi connectivity index (χ4v) is 10.8. The van der Waals surface area contributed by atoms with E-state index in [0.717, 1.165) is 135 Å². The molecule has 3 N–H and O–H groups in total. The molecule has 0 bridgehead atoms. The van der Waals surface area contributed by atoms with E-state index in [-0.39, 0.29) is 25.7 Å². The van der Waals surface area contributed by atoms with E-state index in [2.05, 4.69) is 76.3 Å². The van der Waals surface area contributed by atoms with Crippen molar-refractivity contribution in [2.24, 2.45) is 0 Å². The molecule has 0 saturated carbocycles. The Morgan fingerprint density at radius 2 is 0.552 bits per heavy atom. The first-order chi connectivity index (χ1) is 42.2. The summed E-state index contributed by atoms with van der Waals surface area (Å²) >= 11 is 0. The van der Waals surface area contributed by atoms with Gasteiger partial charge < -0.3 is 33.8 Å². The Morgan fingerprint density at radius 1 is 0.322 bits per heavy atom. The van der Waals surface area contributed by atoms with Crippen molar-refractivity contribution in [3.8, 4) is 0 Å². The highest BCUT2D eigenvalue weighted by Crippen LogP contribution is 2.45. The number of hydrogen-bond donors (Lipinski definition) is 3. The Kier molecular flexibility index (Phi) is 59.7. The number of hydrogen-bond acceptors (Lipinski definition) is 15. The molecule has 0 rings (SSSR count). The molecule has 2 unspecified atom stereocenters. The van der Waals surface area contributed by atoms with Gasteiger partial charge in [0, 0.05) is 25.7 Å². The number of ether oxygens (including phenoxy) is 4. The molecule has 0 aliphatic rings. The maximum atomic E-state index is 13.0. The van der Waals surface area contributed by atoms with Gasteiger partial charge in [0.25, 0.3) is 0 Å². The minimum absolute atomic E-state index is 0.0783. The normalized spacial score (nSPS) is 14.4. The van der Waals surface area contributed by atoms with Gasteiger partial charge in [0.2, 0.25) is 0 Å². The highest BCUT2D eigenvalue weighted by Gasteiger charge is 2.30. The predicted molar refractivity (Wildman–Crippen MR) is 349 cm³/mol. The predicted octanol–water partition coefficient (Wildman–Crippen LogP) is 18.6. The van der Waals surface area contributed by atoms with Gasteiger partial charge in [-0.3, -0.25) is 37.3 Å². The summed E-state index contributed by atoms with van der Waals surface area (Å²) in [6, 6.07) is 0. The monoisotopic (exact) mass is 1270 g/mol. The van der Waals surface area contributed by atoms with Crippen LogP contribution in [0.5, 0.6) is 0 Å². The van der Waals surface area contributed by atoms with Crippen molar-refractivity contribution in [2.75, 3.05) is 39.6 Å². The van der Waals surface area contributed by atoms with E-state index in [1.165, 1.54) is 89.9 Å². The zero-order chi connectivity index (χ0) is 64.0. The van der Waals surface area contributed by atoms with Crippen LogP contribution in [0.4, 0.5) is 0 Å². The number of aliphatic hydroxyl groups is 1. The van der Waals surface area contributed by atoms with Gasteiger partial charge in [-0.25, -0.2) is 9.13 Å². The zero-order valence-electron chi connectivity index (χ0n) is 55.0. The van der Waals surface area contributed by atoms with Crippen LogP contribution in [0.15, 0.2) is 48.6 Å². The molecule has 0 aromatic heterocycles. The molecular formula is C68H124O17P2. The molecule has 5 atom stereocenters. The summed E-state index contributed by atoms with van der Waals surface area (Å²) < 4.78 is 68.0. The van der Waals surface area contributed by atoms with E-state index in [0.29, 0.717) is 25.7 Å². The van der Waals surface area contributed by atoms with Crippen molar-refractivity contribution in [2.45, 2.75) is 322 Å². The summed E-state index contributed by atoms with van der Waals surface area (Å²) in [5.41, 5.74) is 0. The van der Waals surface area contributed by atoms with Gasteiger partial charge in [-0.2, -0.15) is 0 Å². The largest absolute Gasteiger partial charge is 0.472 e. The number of aliphatic hydroxyl groups excluding tert-OH is 1. The molecule has 0 heterocycles. The first-order valence-electron chi connectivity index (χ1n) is 34.4. The van der Waals surface area contributed by atoms with Gasteiger partial charge >= 0.3 is 39.5 Å². The lowest BCUT2D eigenvalue weighted by Crippen LogP contribution is -2.30. The smallest absolute Gasteiger partial charge is 0.462 e. The molecule has 0 aromatic carbocycles. The summed E-state index contributed by atoms with van der Waals surface area (Å²) in [5.74, 6) is -2.19. The van der Waals surface area contributed by atoms with Crippen molar-refractivity contribution in [3.05, 3.63) is 48.6 Å². The van der Waals surface area contributed by atoms with Crippen LogP contribution >= 0.6 is 15.6 Å². The second-order valence-corrected chi connectivity index (χ2v) is 26.1. The molecule has 0 aromatic rings. The summed E-state index contributed by atoms with van der Waals surface area (Å²) in [5, 5.41) is 10.5. The highest BCUT2D eigenvalue weighted by molar-refractivity contribution is 7.47. The summed E-state index contributed by atoms with van der Waals surface area (Å²) in [4.78, 5) is 72.2. The van der Waals surface area contributed by atoms with Gasteiger partial charge in [-0.1, -0.05) is 250 Å². The fourth-order valence-electron chi connectivity index (χ4n) is 9.26. The minimum Gasteiger partial charge on any atom is -0.462 e. The van der Waals surface area contributed by atoms with E-state index in [4.69, 9.17) is 37.0 Å². The van der Waals surface area contributed by atoms with Crippen LogP contribution in [-0.4, -0.2) is 96.7 Å². The molecule has 0 radical (unpaired) electrons. The number of allylic oxidation sites excluding steroid dienone is 8. The average molecular weight is 1280 g/mol. The number of rotatable bonds is 65. The molecule has 17 nitrogen and oxygen atoms in total. The molecular weight excluding hydrogens is 1150 g/mol. The SMILES string of the molecule is CCCCCC/C=C\C=C/CCCCCCCC(=O)OC[C@H](COP(=O)(O)OC[C@@H](O)COP(=O)(O)OC[C@@H](COC(=O)CCCCCCCCC)OC(=O)CCCCCCCCCCCC)OC(=O)CCCCCCC/C=C\C=C/CCCCCC. The second kappa shape index (κ2) is 61.9. The van der Waals surface area contributed by atoms with Crippen LogP contribution in [0.2, 0.25) is 0 Å². The van der Waals surface area contributed by atoms with E-state index >= 15 is 0 Å². The van der Waals surface area contributed by atoms with E-state index in [1.807, 2.05) is 0 Å². The number of carbonyl (C=O) groups excluding carboxylic acids is 4. The fraction of sp³-hybridized carbons (Fsp3) is 0.824. The third-order valence-corrected chi connectivity index (χ3v) is 16.5. The second-order valence-electron chi connectivity index (χ2n) is 23.2. The number of esters is 4. The summed E-state index contributed by atoms with van der Waals surface area (Å²) in [6.07, 6.45) is 54.4.